The second kappa shape index (κ2) is 12.8. The zero-order chi connectivity index (χ0) is 27.8. The van der Waals surface area contributed by atoms with E-state index >= 15 is 0 Å². The van der Waals surface area contributed by atoms with Crippen LogP contribution in [0.15, 0.2) is 91.0 Å². The molecule has 8 heteroatoms. The van der Waals surface area contributed by atoms with Gasteiger partial charge in [-0.25, -0.2) is 14.0 Å². The Morgan fingerprint density at radius 2 is 1.67 bits per heavy atom. The molecule has 4 aromatic rings. The zero-order valence-corrected chi connectivity index (χ0v) is 22.3. The van der Waals surface area contributed by atoms with Gasteiger partial charge in [-0.2, -0.15) is 0 Å². The van der Waals surface area contributed by atoms with Crippen molar-refractivity contribution in [3.63, 3.8) is 0 Å². The molecule has 0 aliphatic carbocycles. The highest BCUT2D eigenvalue weighted by Crippen LogP contribution is 2.26. The van der Waals surface area contributed by atoms with Crippen molar-refractivity contribution in [1.82, 2.24) is 5.06 Å². The standard InChI is InChI=1S/C31H27FN2O4S/c1-21(11-16-28-17-18-29(39-28)19-23-12-14-25(32)15-13-23)34(31(33)36)38-30(35)22(2)24-7-6-10-27(20-24)37-26-8-4-3-5-9-26/h3-10,12-15,17-18,20-22H,19H2,1-2H3,(H2,33,36)/t21-,22?/m1/s1. The molecule has 0 bridgehead atoms. The number of halogens is 1. The molecular weight excluding hydrogens is 515 g/mol. The molecule has 0 spiro atoms. The number of carbonyl (C=O) groups excluding carboxylic acids is 2. The average Bonchev–Trinajstić information content (AvgIpc) is 3.39. The second-order valence-corrected chi connectivity index (χ2v) is 9.97. The minimum Gasteiger partial charge on any atom is -0.457 e. The number of thiophene rings is 1. The zero-order valence-electron chi connectivity index (χ0n) is 21.5. The van der Waals surface area contributed by atoms with E-state index in [-0.39, 0.29) is 5.82 Å². The van der Waals surface area contributed by atoms with E-state index in [9.17, 15) is 14.0 Å². The highest BCUT2D eigenvalue weighted by Gasteiger charge is 2.26. The normalized spacial score (nSPS) is 12.0. The van der Waals surface area contributed by atoms with E-state index in [0.717, 1.165) is 20.4 Å². The maximum absolute atomic E-state index is 13.1. The number of nitrogens with zero attached hydrogens (tertiary/aromatic N) is 1. The predicted octanol–water partition coefficient (Wildman–Crippen LogP) is 6.65. The molecule has 2 amide bonds. The van der Waals surface area contributed by atoms with E-state index in [2.05, 4.69) is 11.8 Å². The van der Waals surface area contributed by atoms with Crippen LogP contribution in [0.2, 0.25) is 0 Å². The van der Waals surface area contributed by atoms with Gasteiger partial charge in [-0.15, -0.1) is 16.4 Å². The monoisotopic (exact) mass is 542 g/mol. The van der Waals surface area contributed by atoms with Gasteiger partial charge in [0.05, 0.1) is 10.8 Å². The maximum atomic E-state index is 13.1. The Morgan fingerprint density at radius 1 is 0.949 bits per heavy atom. The van der Waals surface area contributed by atoms with Gasteiger partial charge in [-0.3, -0.25) is 0 Å². The van der Waals surface area contributed by atoms with Gasteiger partial charge in [0.1, 0.15) is 23.4 Å². The number of hydrogen-bond donors (Lipinski definition) is 1. The van der Waals surface area contributed by atoms with Crippen LogP contribution in [0.5, 0.6) is 11.5 Å². The Kier molecular flexibility index (Phi) is 8.97. The molecule has 0 aliphatic rings. The summed E-state index contributed by atoms with van der Waals surface area (Å²) in [5.74, 6) is 5.55. The molecule has 0 fully saturated rings. The molecule has 2 N–H and O–H groups in total. The number of rotatable bonds is 7. The van der Waals surface area contributed by atoms with Gasteiger partial charge in [0, 0.05) is 11.3 Å². The van der Waals surface area contributed by atoms with Gasteiger partial charge in [-0.1, -0.05) is 54.3 Å². The molecular formula is C31H27FN2O4S. The Bertz CT molecular complexity index is 1490. The third-order valence-corrected chi connectivity index (χ3v) is 6.81. The minimum atomic E-state index is -0.929. The molecule has 0 aliphatic heterocycles. The van der Waals surface area contributed by atoms with Crippen LogP contribution in [0.25, 0.3) is 0 Å². The lowest BCUT2D eigenvalue weighted by Crippen LogP contribution is -2.43. The molecule has 0 saturated heterocycles. The molecule has 0 radical (unpaired) electrons. The lowest BCUT2D eigenvalue weighted by molar-refractivity contribution is -0.181. The van der Waals surface area contributed by atoms with Crippen molar-refractivity contribution < 1.29 is 23.6 Å². The van der Waals surface area contributed by atoms with Gasteiger partial charge in [-0.05, 0) is 73.5 Å². The summed E-state index contributed by atoms with van der Waals surface area (Å²) in [6, 6.07) is 24.9. The van der Waals surface area contributed by atoms with Crippen LogP contribution in [0.1, 0.15) is 40.6 Å². The molecule has 1 heterocycles. The largest absolute Gasteiger partial charge is 0.457 e. The second-order valence-electron chi connectivity index (χ2n) is 8.80. The van der Waals surface area contributed by atoms with E-state index in [1.54, 1.807) is 50.2 Å². The van der Waals surface area contributed by atoms with Crippen molar-refractivity contribution in [2.75, 3.05) is 0 Å². The van der Waals surface area contributed by atoms with Gasteiger partial charge >= 0.3 is 12.0 Å². The number of para-hydroxylation sites is 1. The van der Waals surface area contributed by atoms with Crippen molar-refractivity contribution in [3.8, 4) is 23.3 Å². The number of amides is 2. The molecule has 0 saturated carbocycles. The quantitative estimate of drug-likeness (QED) is 0.209. The molecule has 1 aromatic heterocycles. The first-order valence-electron chi connectivity index (χ1n) is 12.3. The average molecular weight is 543 g/mol. The Hall–Kier alpha value is -4.61. The van der Waals surface area contributed by atoms with Crippen LogP contribution < -0.4 is 10.5 Å². The van der Waals surface area contributed by atoms with Crippen LogP contribution in [-0.4, -0.2) is 23.1 Å². The summed E-state index contributed by atoms with van der Waals surface area (Å²) in [7, 11) is 0. The Morgan fingerprint density at radius 3 is 2.38 bits per heavy atom. The van der Waals surface area contributed by atoms with Crippen molar-refractivity contribution >= 4 is 23.3 Å². The number of primary amides is 1. The fourth-order valence-electron chi connectivity index (χ4n) is 3.68. The van der Waals surface area contributed by atoms with E-state index < -0.39 is 24.0 Å². The Labute approximate surface area is 230 Å². The Balaban J connectivity index is 1.39. The maximum Gasteiger partial charge on any atom is 0.349 e. The summed E-state index contributed by atoms with van der Waals surface area (Å²) < 4.78 is 19.0. The molecule has 4 rings (SSSR count). The fourth-order valence-corrected chi connectivity index (χ4v) is 4.58. The van der Waals surface area contributed by atoms with E-state index in [0.29, 0.717) is 23.5 Å². The van der Waals surface area contributed by atoms with Crippen LogP contribution >= 0.6 is 11.3 Å². The van der Waals surface area contributed by atoms with Crippen molar-refractivity contribution in [3.05, 3.63) is 118 Å². The van der Waals surface area contributed by atoms with Crippen LogP contribution in [0, 0.1) is 17.7 Å². The number of nitrogens with two attached hydrogens (primary N) is 1. The first-order chi connectivity index (χ1) is 18.8. The first kappa shape index (κ1) is 27.4. The summed E-state index contributed by atoms with van der Waals surface area (Å²) in [4.78, 5) is 32.2. The summed E-state index contributed by atoms with van der Waals surface area (Å²) in [6.07, 6.45) is 0.655. The van der Waals surface area contributed by atoms with Gasteiger partial charge in [0.25, 0.3) is 0 Å². The van der Waals surface area contributed by atoms with Crippen LogP contribution in [0.3, 0.4) is 0 Å². The van der Waals surface area contributed by atoms with Crippen molar-refractivity contribution in [2.45, 2.75) is 32.2 Å². The molecule has 1 unspecified atom stereocenters. The number of benzene rings is 3. The highest BCUT2D eigenvalue weighted by molar-refractivity contribution is 7.12. The van der Waals surface area contributed by atoms with Gasteiger partial charge in [0.15, 0.2) is 0 Å². The fraction of sp³-hybridized carbons (Fsp3) is 0.161. The number of ether oxygens (including phenoxy) is 1. The minimum absolute atomic E-state index is 0.273. The van der Waals surface area contributed by atoms with Gasteiger partial charge < -0.3 is 15.3 Å². The lowest BCUT2D eigenvalue weighted by Gasteiger charge is -2.23. The third-order valence-electron chi connectivity index (χ3n) is 5.81. The predicted molar refractivity (Wildman–Crippen MR) is 149 cm³/mol. The summed E-state index contributed by atoms with van der Waals surface area (Å²) in [5, 5.41) is 0.781. The van der Waals surface area contributed by atoms with E-state index in [1.807, 2.05) is 42.5 Å². The van der Waals surface area contributed by atoms with Crippen LogP contribution in [-0.2, 0) is 16.1 Å². The first-order valence-corrected chi connectivity index (χ1v) is 13.1. The van der Waals surface area contributed by atoms with E-state index in [1.165, 1.54) is 23.5 Å². The molecule has 198 valence electrons. The van der Waals surface area contributed by atoms with Gasteiger partial charge in [0.2, 0.25) is 0 Å². The van der Waals surface area contributed by atoms with E-state index in [4.69, 9.17) is 15.3 Å². The number of hydroxylamine groups is 2. The third kappa shape index (κ3) is 7.69. The number of hydrogen-bond acceptors (Lipinski definition) is 5. The van der Waals surface area contributed by atoms with Crippen molar-refractivity contribution in [1.29, 1.82) is 0 Å². The van der Waals surface area contributed by atoms with Crippen molar-refractivity contribution in [2.24, 2.45) is 5.73 Å². The SMILES string of the molecule is CC(C(=O)ON(C(N)=O)[C@H](C)C#Cc1ccc(Cc2ccc(F)cc2)s1)c1cccc(Oc2ccccc2)c1. The number of urea groups is 1. The summed E-state index contributed by atoms with van der Waals surface area (Å²) >= 11 is 1.49. The summed E-state index contributed by atoms with van der Waals surface area (Å²) in [6.45, 7) is 3.30. The topological polar surface area (TPSA) is 81.9 Å². The summed E-state index contributed by atoms with van der Waals surface area (Å²) in [5.41, 5.74) is 7.15. The smallest absolute Gasteiger partial charge is 0.349 e. The number of carbonyl (C=O) groups is 2. The van der Waals surface area contributed by atoms with Crippen LogP contribution in [0.4, 0.5) is 9.18 Å². The lowest BCUT2D eigenvalue weighted by atomic mass is 10.0. The highest BCUT2D eigenvalue weighted by atomic mass is 32.1. The molecule has 3 aromatic carbocycles. The molecule has 2 atom stereocenters. The molecule has 39 heavy (non-hydrogen) atoms. The molecule has 6 nitrogen and oxygen atoms in total.